The molecule has 2 fully saturated rings. The minimum atomic E-state index is -0.902. The van der Waals surface area contributed by atoms with Gasteiger partial charge in [-0.15, -0.1) is 0 Å². The van der Waals surface area contributed by atoms with Gasteiger partial charge in [-0.1, -0.05) is 0 Å². The summed E-state index contributed by atoms with van der Waals surface area (Å²) >= 11 is 0. The van der Waals surface area contributed by atoms with Crippen LogP contribution in [0.25, 0.3) is 0 Å². The summed E-state index contributed by atoms with van der Waals surface area (Å²) in [7, 11) is 0. The number of carboxylic acid groups (broad SMARTS) is 1. The third-order valence-electron chi connectivity index (χ3n) is 4.07. The van der Waals surface area contributed by atoms with Gasteiger partial charge in [0.25, 0.3) is 0 Å². The Hall–Kier alpha value is -1.14. The summed E-state index contributed by atoms with van der Waals surface area (Å²) < 4.78 is 5.22. The highest BCUT2D eigenvalue weighted by molar-refractivity contribution is 5.86. The molecule has 1 saturated carbocycles. The van der Waals surface area contributed by atoms with Gasteiger partial charge in [-0.3, -0.25) is 9.59 Å². The summed E-state index contributed by atoms with van der Waals surface area (Å²) in [5, 5.41) is 9.14. The molecule has 3 N–H and O–H groups in total. The number of hydrogen-bond acceptors (Lipinski definition) is 4. The third kappa shape index (κ3) is 2.10. The summed E-state index contributed by atoms with van der Waals surface area (Å²) in [5.74, 6) is -1.53. The van der Waals surface area contributed by atoms with Crippen LogP contribution in [-0.4, -0.2) is 54.2 Å². The Morgan fingerprint density at radius 2 is 2.11 bits per heavy atom. The van der Waals surface area contributed by atoms with Gasteiger partial charge < -0.3 is 20.5 Å². The Labute approximate surface area is 106 Å². The molecule has 1 amide bonds. The van der Waals surface area contributed by atoms with Crippen LogP contribution in [0.5, 0.6) is 0 Å². The molecule has 0 aromatic heterocycles. The van der Waals surface area contributed by atoms with Crippen molar-refractivity contribution in [3.63, 3.8) is 0 Å². The van der Waals surface area contributed by atoms with Gasteiger partial charge >= 0.3 is 5.97 Å². The molecule has 1 aliphatic carbocycles. The number of nitrogens with zero attached hydrogens (tertiary/aromatic N) is 1. The molecule has 0 bridgehead atoms. The molecule has 1 heterocycles. The van der Waals surface area contributed by atoms with E-state index in [1.54, 1.807) is 4.90 Å². The van der Waals surface area contributed by atoms with Crippen molar-refractivity contribution in [2.75, 3.05) is 26.3 Å². The summed E-state index contributed by atoms with van der Waals surface area (Å²) in [6.45, 7) is 3.18. The van der Waals surface area contributed by atoms with Crippen LogP contribution >= 0.6 is 0 Å². The molecule has 2 rings (SSSR count). The number of ether oxygens (including phenoxy) is 1. The van der Waals surface area contributed by atoms with Crippen LogP contribution < -0.4 is 5.73 Å². The van der Waals surface area contributed by atoms with Gasteiger partial charge in [0.05, 0.1) is 24.7 Å². The number of hydrogen-bond donors (Lipinski definition) is 2. The highest BCUT2D eigenvalue weighted by atomic mass is 16.5. The molecule has 0 aromatic rings. The van der Waals surface area contributed by atoms with E-state index in [0.29, 0.717) is 19.7 Å². The molecule has 6 nitrogen and oxygen atoms in total. The van der Waals surface area contributed by atoms with Crippen LogP contribution in [0.4, 0.5) is 0 Å². The van der Waals surface area contributed by atoms with Crippen LogP contribution in [0.15, 0.2) is 0 Å². The van der Waals surface area contributed by atoms with Crippen molar-refractivity contribution >= 4 is 11.9 Å². The van der Waals surface area contributed by atoms with Crippen LogP contribution in [0, 0.1) is 11.3 Å². The van der Waals surface area contributed by atoms with E-state index < -0.39 is 17.3 Å². The normalized spacial score (nSPS) is 29.0. The topological polar surface area (TPSA) is 92.9 Å². The first-order valence-corrected chi connectivity index (χ1v) is 6.37. The smallest absolute Gasteiger partial charge is 0.311 e. The summed E-state index contributed by atoms with van der Waals surface area (Å²) in [6.07, 6.45) is 1.62. The minimum absolute atomic E-state index is 0.00532. The zero-order chi connectivity index (χ0) is 13.3. The average Bonchev–Trinajstić information content (AvgIpc) is 3.01. The van der Waals surface area contributed by atoms with E-state index in [4.69, 9.17) is 15.6 Å². The number of amides is 1. The number of carbonyl (C=O) groups is 2. The first-order valence-electron chi connectivity index (χ1n) is 6.37. The first kappa shape index (κ1) is 13.3. The average molecular weight is 256 g/mol. The lowest BCUT2D eigenvalue weighted by atomic mass is 9.98. The van der Waals surface area contributed by atoms with Crippen molar-refractivity contribution in [2.24, 2.45) is 17.1 Å². The largest absolute Gasteiger partial charge is 0.481 e. The van der Waals surface area contributed by atoms with Gasteiger partial charge in [0.2, 0.25) is 5.91 Å². The van der Waals surface area contributed by atoms with E-state index in [-0.39, 0.29) is 18.6 Å². The highest BCUT2D eigenvalue weighted by Gasteiger charge is 2.53. The number of likely N-dealkylation sites (N-methyl/N-ethyl adjacent to an activating group) is 1. The summed E-state index contributed by atoms with van der Waals surface area (Å²) in [4.78, 5) is 25.2. The van der Waals surface area contributed by atoms with E-state index in [1.807, 2.05) is 6.92 Å². The molecule has 1 saturated heterocycles. The lowest BCUT2D eigenvalue weighted by Crippen LogP contribution is -2.50. The fourth-order valence-electron chi connectivity index (χ4n) is 2.58. The summed E-state index contributed by atoms with van der Waals surface area (Å²) in [6, 6.07) is -0.357. The van der Waals surface area contributed by atoms with Gasteiger partial charge in [0.15, 0.2) is 0 Å². The van der Waals surface area contributed by atoms with Crippen molar-refractivity contribution < 1.29 is 19.4 Å². The van der Waals surface area contributed by atoms with Crippen molar-refractivity contribution in [1.82, 2.24) is 4.90 Å². The van der Waals surface area contributed by atoms with Crippen molar-refractivity contribution in [1.29, 1.82) is 0 Å². The molecular formula is C12H20N2O4. The highest BCUT2D eigenvalue weighted by Crippen LogP contribution is 2.46. The number of carboxylic acids is 1. The second-order valence-electron chi connectivity index (χ2n) is 5.13. The molecule has 2 atom stereocenters. The molecule has 6 heteroatoms. The Kier molecular flexibility index (Phi) is 3.59. The molecule has 1 aliphatic heterocycles. The lowest BCUT2D eigenvalue weighted by Gasteiger charge is -2.32. The van der Waals surface area contributed by atoms with Crippen molar-refractivity contribution in [2.45, 2.75) is 25.8 Å². The maximum atomic E-state index is 12.4. The SMILES string of the molecule is CCN(C(=O)C1(CN)CC1)C1COCC1C(=O)O. The van der Waals surface area contributed by atoms with Crippen molar-refractivity contribution in [3.8, 4) is 0 Å². The van der Waals surface area contributed by atoms with E-state index in [2.05, 4.69) is 0 Å². The maximum Gasteiger partial charge on any atom is 0.311 e. The quantitative estimate of drug-likeness (QED) is 0.703. The van der Waals surface area contributed by atoms with Gasteiger partial charge in [0.1, 0.15) is 5.92 Å². The second kappa shape index (κ2) is 4.85. The number of aliphatic carboxylic acids is 1. The molecule has 18 heavy (non-hydrogen) atoms. The van der Waals surface area contributed by atoms with E-state index >= 15 is 0 Å². The second-order valence-corrected chi connectivity index (χ2v) is 5.13. The zero-order valence-electron chi connectivity index (χ0n) is 10.6. The van der Waals surface area contributed by atoms with Crippen molar-refractivity contribution in [3.05, 3.63) is 0 Å². The number of rotatable bonds is 5. The Balaban J connectivity index is 2.13. The standard InChI is InChI=1S/C12H20N2O4/c1-2-14(11(17)12(7-13)3-4-12)9-6-18-5-8(9)10(15)16/h8-9H,2-7,13H2,1H3,(H,15,16). The predicted octanol–water partition coefficient (Wildman–Crippen LogP) is -0.327. The number of nitrogens with two attached hydrogens (primary N) is 1. The maximum absolute atomic E-state index is 12.4. The Bertz CT molecular complexity index is 354. The molecule has 2 aliphatic rings. The Morgan fingerprint density at radius 1 is 1.44 bits per heavy atom. The van der Waals surface area contributed by atoms with Crippen LogP contribution in [-0.2, 0) is 14.3 Å². The zero-order valence-corrected chi connectivity index (χ0v) is 10.6. The van der Waals surface area contributed by atoms with Crippen LogP contribution in [0.2, 0.25) is 0 Å². The molecule has 2 unspecified atom stereocenters. The predicted molar refractivity (Wildman–Crippen MR) is 63.8 cm³/mol. The third-order valence-corrected chi connectivity index (χ3v) is 4.07. The molecule has 0 radical (unpaired) electrons. The van der Waals surface area contributed by atoms with Gasteiger partial charge in [-0.2, -0.15) is 0 Å². The monoisotopic (exact) mass is 256 g/mol. The van der Waals surface area contributed by atoms with E-state index in [1.165, 1.54) is 0 Å². The van der Waals surface area contributed by atoms with Gasteiger partial charge in [-0.05, 0) is 19.8 Å². The molecule has 102 valence electrons. The van der Waals surface area contributed by atoms with Gasteiger partial charge in [0, 0.05) is 13.1 Å². The first-order chi connectivity index (χ1) is 8.55. The van der Waals surface area contributed by atoms with Gasteiger partial charge in [-0.25, -0.2) is 0 Å². The fraction of sp³-hybridized carbons (Fsp3) is 0.833. The van der Waals surface area contributed by atoms with Crippen LogP contribution in [0.1, 0.15) is 19.8 Å². The minimum Gasteiger partial charge on any atom is -0.481 e. The fourth-order valence-corrected chi connectivity index (χ4v) is 2.58. The molecular weight excluding hydrogens is 236 g/mol. The Morgan fingerprint density at radius 3 is 2.56 bits per heavy atom. The van der Waals surface area contributed by atoms with E-state index in [0.717, 1.165) is 12.8 Å². The van der Waals surface area contributed by atoms with Crippen LogP contribution in [0.3, 0.4) is 0 Å². The number of carbonyl (C=O) groups excluding carboxylic acids is 1. The molecule has 0 spiro atoms. The van der Waals surface area contributed by atoms with E-state index in [9.17, 15) is 9.59 Å². The summed E-state index contributed by atoms with van der Waals surface area (Å²) in [5.41, 5.74) is 5.23. The lowest BCUT2D eigenvalue weighted by molar-refractivity contribution is -0.146. The molecule has 0 aromatic carbocycles.